The number of hydrogen-bond donors (Lipinski definition) is 1. The van der Waals surface area contributed by atoms with E-state index >= 15 is 0 Å². The maximum Gasteiger partial charge on any atom is 0.0468 e. The van der Waals surface area contributed by atoms with E-state index in [1.165, 1.54) is 32.4 Å². The molecule has 3 heteroatoms. The fraction of sp³-hybridized carbons (Fsp3) is 1.00. The number of ether oxygens (including phenoxy) is 1. The number of nitrogens with zero attached hydrogens (tertiary/aromatic N) is 1. The lowest BCUT2D eigenvalue weighted by Crippen LogP contribution is -2.54. The Balaban J connectivity index is 1.87. The average molecular weight is 268 g/mol. The second-order valence-electron chi connectivity index (χ2n) is 7.32. The molecule has 0 aromatic rings. The topological polar surface area (TPSA) is 24.5 Å². The molecular formula is C16H32N2O. The molecule has 0 bridgehead atoms. The highest BCUT2D eigenvalue weighted by Gasteiger charge is 2.34. The zero-order valence-corrected chi connectivity index (χ0v) is 13.2. The monoisotopic (exact) mass is 268 g/mol. The van der Waals surface area contributed by atoms with Crippen LogP contribution in [-0.2, 0) is 4.74 Å². The molecule has 2 fully saturated rings. The minimum Gasteiger partial charge on any atom is -0.381 e. The highest BCUT2D eigenvalue weighted by molar-refractivity contribution is 4.88. The van der Waals surface area contributed by atoms with Gasteiger partial charge >= 0.3 is 0 Å². The molecule has 3 nitrogen and oxygen atoms in total. The number of hydrogen-bond acceptors (Lipinski definition) is 3. The van der Waals surface area contributed by atoms with E-state index in [1.807, 2.05) is 0 Å². The molecule has 1 atom stereocenters. The van der Waals surface area contributed by atoms with Gasteiger partial charge in [0.2, 0.25) is 0 Å². The molecular weight excluding hydrogens is 236 g/mol. The summed E-state index contributed by atoms with van der Waals surface area (Å²) < 4.78 is 5.51. The molecule has 2 aliphatic rings. The largest absolute Gasteiger partial charge is 0.381 e. The van der Waals surface area contributed by atoms with Gasteiger partial charge in [-0.05, 0) is 44.4 Å². The summed E-state index contributed by atoms with van der Waals surface area (Å²) in [5, 5.41) is 3.73. The Morgan fingerprint density at radius 2 is 1.95 bits per heavy atom. The van der Waals surface area contributed by atoms with Crippen LogP contribution in [0.15, 0.2) is 0 Å². The van der Waals surface area contributed by atoms with Crippen molar-refractivity contribution in [3.63, 3.8) is 0 Å². The van der Waals surface area contributed by atoms with E-state index in [0.29, 0.717) is 17.5 Å². The SMILES string of the molecule is CC(C)N1CCNC(CC(C)(C)C2CCOCC2)C1. The third-order valence-corrected chi connectivity index (χ3v) is 5.12. The molecule has 0 spiro atoms. The van der Waals surface area contributed by atoms with Crippen molar-refractivity contribution in [3.8, 4) is 0 Å². The molecule has 2 aliphatic heterocycles. The van der Waals surface area contributed by atoms with E-state index in [0.717, 1.165) is 25.7 Å². The van der Waals surface area contributed by atoms with E-state index in [-0.39, 0.29) is 0 Å². The third kappa shape index (κ3) is 4.17. The van der Waals surface area contributed by atoms with Crippen LogP contribution in [0.3, 0.4) is 0 Å². The van der Waals surface area contributed by atoms with Crippen molar-refractivity contribution in [2.75, 3.05) is 32.8 Å². The van der Waals surface area contributed by atoms with Crippen LogP contribution in [0.25, 0.3) is 0 Å². The summed E-state index contributed by atoms with van der Waals surface area (Å²) in [6, 6.07) is 1.34. The van der Waals surface area contributed by atoms with Gasteiger partial charge in [-0.15, -0.1) is 0 Å². The predicted octanol–water partition coefficient (Wildman–Crippen LogP) is 2.51. The summed E-state index contributed by atoms with van der Waals surface area (Å²) in [5.41, 5.74) is 0.432. The van der Waals surface area contributed by atoms with Gasteiger partial charge in [-0.25, -0.2) is 0 Å². The maximum atomic E-state index is 5.51. The van der Waals surface area contributed by atoms with Gasteiger partial charge in [0, 0.05) is 44.9 Å². The lowest BCUT2D eigenvalue weighted by atomic mass is 9.70. The Morgan fingerprint density at radius 3 is 2.58 bits per heavy atom. The zero-order valence-electron chi connectivity index (χ0n) is 13.2. The first kappa shape index (κ1) is 15.3. The van der Waals surface area contributed by atoms with E-state index in [4.69, 9.17) is 4.74 Å². The zero-order chi connectivity index (χ0) is 13.9. The summed E-state index contributed by atoms with van der Waals surface area (Å²) in [6.45, 7) is 15.0. The van der Waals surface area contributed by atoms with Gasteiger partial charge in [0.1, 0.15) is 0 Å². The van der Waals surface area contributed by atoms with Crippen LogP contribution < -0.4 is 5.32 Å². The third-order valence-electron chi connectivity index (χ3n) is 5.12. The van der Waals surface area contributed by atoms with Gasteiger partial charge in [0.15, 0.2) is 0 Å². The van der Waals surface area contributed by atoms with Crippen molar-refractivity contribution in [2.24, 2.45) is 11.3 Å². The smallest absolute Gasteiger partial charge is 0.0468 e. The molecule has 0 amide bonds. The number of rotatable bonds is 4. The number of nitrogens with one attached hydrogen (secondary N) is 1. The first-order valence-corrected chi connectivity index (χ1v) is 8.04. The molecule has 2 heterocycles. The Morgan fingerprint density at radius 1 is 1.26 bits per heavy atom. The molecule has 0 aromatic heterocycles. The van der Waals surface area contributed by atoms with Gasteiger partial charge in [-0.3, -0.25) is 4.90 Å². The average Bonchev–Trinajstić information content (AvgIpc) is 2.39. The normalized spacial score (nSPS) is 27.9. The fourth-order valence-electron chi connectivity index (χ4n) is 3.74. The van der Waals surface area contributed by atoms with Gasteiger partial charge < -0.3 is 10.1 Å². The molecule has 0 saturated carbocycles. The van der Waals surface area contributed by atoms with Crippen LogP contribution in [0.1, 0.15) is 47.0 Å². The molecule has 19 heavy (non-hydrogen) atoms. The van der Waals surface area contributed by atoms with Gasteiger partial charge in [-0.1, -0.05) is 13.8 Å². The predicted molar refractivity (Wildman–Crippen MR) is 80.4 cm³/mol. The molecule has 1 unspecified atom stereocenters. The quantitative estimate of drug-likeness (QED) is 0.848. The highest BCUT2D eigenvalue weighted by Crippen LogP contribution is 2.38. The second-order valence-corrected chi connectivity index (χ2v) is 7.32. The maximum absolute atomic E-state index is 5.51. The van der Waals surface area contributed by atoms with E-state index in [1.54, 1.807) is 0 Å². The summed E-state index contributed by atoms with van der Waals surface area (Å²) in [7, 11) is 0. The molecule has 2 saturated heterocycles. The van der Waals surface area contributed by atoms with Crippen LogP contribution in [0.5, 0.6) is 0 Å². The first-order chi connectivity index (χ1) is 8.99. The molecule has 2 rings (SSSR count). The minimum absolute atomic E-state index is 0.432. The second kappa shape index (κ2) is 6.55. The lowest BCUT2D eigenvalue weighted by molar-refractivity contribution is 0.0117. The summed E-state index contributed by atoms with van der Waals surface area (Å²) in [6.07, 6.45) is 3.78. The standard InChI is InChI=1S/C16H32N2O/c1-13(2)18-8-7-17-15(12-18)11-16(3,4)14-5-9-19-10-6-14/h13-15,17H,5-12H2,1-4H3. The van der Waals surface area contributed by atoms with E-state index in [2.05, 4.69) is 37.9 Å². The van der Waals surface area contributed by atoms with Crippen molar-refractivity contribution < 1.29 is 4.74 Å². The highest BCUT2D eigenvalue weighted by atomic mass is 16.5. The van der Waals surface area contributed by atoms with Crippen LogP contribution in [0.2, 0.25) is 0 Å². The molecule has 112 valence electrons. The van der Waals surface area contributed by atoms with Crippen molar-refractivity contribution in [3.05, 3.63) is 0 Å². The van der Waals surface area contributed by atoms with E-state index in [9.17, 15) is 0 Å². The Hall–Kier alpha value is -0.120. The Kier molecular flexibility index (Phi) is 5.27. The van der Waals surface area contributed by atoms with Crippen LogP contribution >= 0.6 is 0 Å². The summed E-state index contributed by atoms with van der Waals surface area (Å²) in [5.74, 6) is 0.831. The van der Waals surface area contributed by atoms with Crippen molar-refractivity contribution in [2.45, 2.75) is 59.0 Å². The Labute approximate surface area is 119 Å². The molecule has 1 N–H and O–H groups in total. The number of piperazine rings is 1. The fourth-order valence-corrected chi connectivity index (χ4v) is 3.74. The summed E-state index contributed by atoms with van der Waals surface area (Å²) in [4.78, 5) is 2.61. The van der Waals surface area contributed by atoms with Crippen LogP contribution in [-0.4, -0.2) is 49.8 Å². The lowest BCUT2D eigenvalue weighted by Gasteiger charge is -2.43. The molecule has 0 aliphatic carbocycles. The van der Waals surface area contributed by atoms with Crippen LogP contribution in [0, 0.1) is 11.3 Å². The first-order valence-electron chi connectivity index (χ1n) is 8.04. The Bertz CT molecular complexity index is 272. The van der Waals surface area contributed by atoms with Crippen molar-refractivity contribution >= 4 is 0 Å². The van der Waals surface area contributed by atoms with Gasteiger partial charge in [-0.2, -0.15) is 0 Å². The minimum atomic E-state index is 0.432. The summed E-state index contributed by atoms with van der Waals surface area (Å²) >= 11 is 0. The molecule has 0 radical (unpaired) electrons. The van der Waals surface area contributed by atoms with Crippen LogP contribution in [0.4, 0.5) is 0 Å². The van der Waals surface area contributed by atoms with Crippen molar-refractivity contribution in [1.29, 1.82) is 0 Å². The van der Waals surface area contributed by atoms with Gasteiger partial charge in [0.05, 0.1) is 0 Å². The van der Waals surface area contributed by atoms with Gasteiger partial charge in [0.25, 0.3) is 0 Å². The van der Waals surface area contributed by atoms with E-state index < -0.39 is 0 Å². The molecule has 0 aromatic carbocycles. The van der Waals surface area contributed by atoms with Crippen molar-refractivity contribution in [1.82, 2.24) is 10.2 Å².